The summed E-state index contributed by atoms with van der Waals surface area (Å²) in [5, 5.41) is 8.91. The molecule has 0 atom stereocenters. The first-order chi connectivity index (χ1) is 16.4. The summed E-state index contributed by atoms with van der Waals surface area (Å²) in [7, 11) is 3.93. The molecule has 1 aromatic carbocycles. The number of hydrogen-bond acceptors (Lipinski definition) is 7. The van der Waals surface area contributed by atoms with Crippen LogP contribution in [0.2, 0.25) is 10.0 Å². The van der Waals surface area contributed by atoms with Gasteiger partial charge >= 0.3 is 5.97 Å². The molecule has 1 saturated carbocycles. The first-order valence-electron chi connectivity index (χ1n) is 11.5. The van der Waals surface area contributed by atoms with E-state index in [1.807, 2.05) is 25.1 Å². The zero-order valence-corrected chi connectivity index (χ0v) is 21.1. The largest absolute Gasteiger partial charge is 0.461 e. The number of nitrogens with one attached hydrogen (secondary N) is 3. The summed E-state index contributed by atoms with van der Waals surface area (Å²) in [4.78, 5) is 26.6. The van der Waals surface area contributed by atoms with Crippen LogP contribution in [-0.2, 0) is 11.3 Å². The Labute approximate surface area is 209 Å². The van der Waals surface area contributed by atoms with E-state index in [0.29, 0.717) is 46.9 Å². The van der Waals surface area contributed by atoms with Crippen LogP contribution in [0.5, 0.6) is 0 Å². The Hall–Kier alpha value is -2.55. The molecule has 1 aliphatic carbocycles. The zero-order chi connectivity index (χ0) is 24.2. The second kappa shape index (κ2) is 10.8. The highest BCUT2D eigenvalue weighted by Crippen LogP contribution is 2.33. The van der Waals surface area contributed by atoms with Crippen molar-refractivity contribution in [2.75, 3.05) is 30.9 Å². The molecule has 0 bridgehead atoms. The predicted octanol–water partition coefficient (Wildman–Crippen LogP) is 5.02. The van der Waals surface area contributed by atoms with Gasteiger partial charge in [0.25, 0.3) is 0 Å². The van der Waals surface area contributed by atoms with Crippen LogP contribution in [0, 0.1) is 0 Å². The van der Waals surface area contributed by atoms with Crippen molar-refractivity contribution < 1.29 is 9.53 Å². The Kier molecular flexibility index (Phi) is 7.80. The number of halogens is 2. The molecule has 3 N–H and O–H groups in total. The highest BCUT2D eigenvalue weighted by Gasteiger charge is 2.25. The zero-order valence-electron chi connectivity index (χ0n) is 19.6. The van der Waals surface area contributed by atoms with Crippen LogP contribution in [0.1, 0.15) is 48.7 Å². The quantitative estimate of drug-likeness (QED) is 0.370. The van der Waals surface area contributed by atoms with Crippen molar-refractivity contribution in [2.24, 2.45) is 0 Å². The van der Waals surface area contributed by atoms with E-state index in [1.165, 1.54) is 0 Å². The van der Waals surface area contributed by atoms with Gasteiger partial charge in [-0.15, -0.1) is 0 Å². The summed E-state index contributed by atoms with van der Waals surface area (Å²) in [5.74, 6) is 1.15. The van der Waals surface area contributed by atoms with Gasteiger partial charge in [-0.3, -0.25) is 0 Å². The summed E-state index contributed by atoms with van der Waals surface area (Å²) in [6.45, 7) is 2.59. The van der Waals surface area contributed by atoms with Crippen molar-refractivity contribution in [2.45, 2.75) is 51.2 Å². The summed E-state index contributed by atoms with van der Waals surface area (Å²) >= 11 is 12.7. The maximum Gasteiger partial charge on any atom is 0.355 e. The van der Waals surface area contributed by atoms with Crippen LogP contribution >= 0.6 is 23.2 Å². The first kappa shape index (κ1) is 24.6. The number of carbonyl (C=O) groups is 1. The molecule has 0 radical (unpaired) electrons. The molecule has 0 amide bonds. The van der Waals surface area contributed by atoms with Crippen LogP contribution < -0.4 is 15.5 Å². The molecule has 0 unspecified atom stereocenters. The minimum absolute atomic E-state index is 0.299. The lowest BCUT2D eigenvalue weighted by atomic mass is 9.91. The molecule has 0 saturated heterocycles. The SMILES string of the molecule is CCOC(=O)c1[nH]c2cc(Cl)cc(Cl)c2c1CN[C@H]1CC[C@@H](Nc2nccc(N(C)C)n2)CC1. The Morgan fingerprint density at radius 1 is 1.21 bits per heavy atom. The van der Waals surface area contributed by atoms with Crippen molar-refractivity contribution in [3.63, 3.8) is 0 Å². The number of anilines is 2. The second-order valence-corrected chi connectivity index (χ2v) is 9.56. The highest BCUT2D eigenvalue weighted by atomic mass is 35.5. The molecule has 2 aromatic heterocycles. The number of H-pyrrole nitrogens is 1. The molecule has 0 spiro atoms. The molecule has 8 nitrogen and oxygen atoms in total. The minimum atomic E-state index is -0.393. The van der Waals surface area contributed by atoms with E-state index >= 15 is 0 Å². The van der Waals surface area contributed by atoms with Crippen LogP contribution in [0.4, 0.5) is 11.8 Å². The summed E-state index contributed by atoms with van der Waals surface area (Å²) in [6, 6.07) is 6.02. The number of hydrogen-bond donors (Lipinski definition) is 3. The molecular weight excluding hydrogens is 475 g/mol. The maximum atomic E-state index is 12.6. The van der Waals surface area contributed by atoms with Gasteiger partial charge in [0.2, 0.25) is 5.95 Å². The molecule has 10 heteroatoms. The molecule has 2 heterocycles. The molecular formula is C24H30Cl2N6O2. The Morgan fingerprint density at radius 2 is 1.94 bits per heavy atom. The standard InChI is InChI=1S/C24H30Cl2N6O2/c1-4-34-23(33)22-17(21-18(26)11-14(25)12-19(21)30-22)13-28-15-5-7-16(8-6-15)29-24-27-10-9-20(31-24)32(2)3/h9-12,15-16,28,30H,4-8,13H2,1-3H3,(H,27,29,31)/t15-,16+. The van der Waals surface area contributed by atoms with Crippen LogP contribution in [-0.4, -0.2) is 53.7 Å². The molecule has 0 aliphatic heterocycles. The fraction of sp³-hybridized carbons (Fsp3) is 0.458. The third-order valence-corrected chi connectivity index (χ3v) is 6.64. The Bertz CT molecular complexity index is 1160. The summed E-state index contributed by atoms with van der Waals surface area (Å²) in [5.41, 5.74) is 1.95. The fourth-order valence-corrected chi connectivity index (χ4v) is 5.01. The Balaban J connectivity index is 1.41. The molecule has 3 aromatic rings. The number of nitrogens with zero attached hydrogens (tertiary/aromatic N) is 3. The maximum absolute atomic E-state index is 12.6. The van der Waals surface area contributed by atoms with Gasteiger partial charge in [-0.1, -0.05) is 23.2 Å². The van der Waals surface area contributed by atoms with Crippen molar-refractivity contribution in [1.82, 2.24) is 20.3 Å². The van der Waals surface area contributed by atoms with Gasteiger partial charge in [-0.05, 0) is 50.8 Å². The summed E-state index contributed by atoms with van der Waals surface area (Å²) in [6.07, 6.45) is 5.78. The lowest BCUT2D eigenvalue weighted by Crippen LogP contribution is -2.37. The van der Waals surface area contributed by atoms with Gasteiger partial charge in [-0.25, -0.2) is 9.78 Å². The topological polar surface area (TPSA) is 95.2 Å². The van der Waals surface area contributed by atoms with Gasteiger partial charge in [-0.2, -0.15) is 4.98 Å². The van der Waals surface area contributed by atoms with E-state index in [-0.39, 0.29) is 0 Å². The molecule has 182 valence electrons. The number of benzene rings is 1. The van der Waals surface area contributed by atoms with E-state index in [4.69, 9.17) is 27.9 Å². The molecule has 1 aliphatic rings. The third kappa shape index (κ3) is 5.56. The number of aromatic amines is 1. The smallest absolute Gasteiger partial charge is 0.355 e. The average Bonchev–Trinajstić information content (AvgIpc) is 3.17. The second-order valence-electron chi connectivity index (χ2n) is 8.72. The number of carbonyl (C=O) groups excluding carboxylic acids is 1. The average molecular weight is 505 g/mol. The van der Waals surface area contributed by atoms with E-state index < -0.39 is 5.97 Å². The molecule has 1 fully saturated rings. The molecule has 34 heavy (non-hydrogen) atoms. The van der Waals surface area contributed by atoms with E-state index in [2.05, 4.69) is 25.6 Å². The van der Waals surface area contributed by atoms with Gasteiger partial charge in [0.1, 0.15) is 11.5 Å². The fourth-order valence-electron chi connectivity index (χ4n) is 4.41. The highest BCUT2D eigenvalue weighted by molar-refractivity contribution is 6.39. The number of esters is 1. The van der Waals surface area contributed by atoms with Gasteiger partial charge in [0.05, 0.1) is 11.6 Å². The van der Waals surface area contributed by atoms with Gasteiger partial charge < -0.3 is 25.3 Å². The van der Waals surface area contributed by atoms with E-state index in [1.54, 1.807) is 25.3 Å². The summed E-state index contributed by atoms with van der Waals surface area (Å²) < 4.78 is 5.26. The third-order valence-electron chi connectivity index (χ3n) is 6.12. The van der Waals surface area contributed by atoms with Crippen molar-refractivity contribution in [1.29, 1.82) is 0 Å². The van der Waals surface area contributed by atoms with Crippen LogP contribution in [0.25, 0.3) is 10.9 Å². The lowest BCUT2D eigenvalue weighted by molar-refractivity contribution is 0.0519. The monoisotopic (exact) mass is 504 g/mol. The van der Waals surface area contributed by atoms with Crippen molar-refractivity contribution in [3.05, 3.63) is 45.7 Å². The van der Waals surface area contributed by atoms with Crippen molar-refractivity contribution >= 4 is 51.8 Å². The van der Waals surface area contributed by atoms with E-state index in [9.17, 15) is 4.79 Å². The van der Waals surface area contributed by atoms with Gasteiger partial charge in [0, 0.05) is 60.4 Å². The molecule has 4 rings (SSSR count). The van der Waals surface area contributed by atoms with Crippen molar-refractivity contribution in [3.8, 4) is 0 Å². The Morgan fingerprint density at radius 3 is 2.65 bits per heavy atom. The van der Waals surface area contributed by atoms with Crippen LogP contribution in [0.3, 0.4) is 0 Å². The number of fused-ring (bicyclic) bond motifs is 1. The number of aromatic nitrogens is 3. The normalized spacial score (nSPS) is 18.1. The minimum Gasteiger partial charge on any atom is -0.461 e. The number of ether oxygens (including phenoxy) is 1. The first-order valence-corrected chi connectivity index (χ1v) is 12.3. The lowest BCUT2D eigenvalue weighted by Gasteiger charge is -2.30. The van der Waals surface area contributed by atoms with E-state index in [0.717, 1.165) is 48.0 Å². The van der Waals surface area contributed by atoms with Crippen LogP contribution in [0.15, 0.2) is 24.4 Å². The number of rotatable bonds is 8. The van der Waals surface area contributed by atoms with Gasteiger partial charge in [0.15, 0.2) is 0 Å². The predicted molar refractivity (Wildman–Crippen MR) is 137 cm³/mol.